The molecule has 1 unspecified atom stereocenters. The second-order valence-electron chi connectivity index (χ2n) is 5.17. The zero-order valence-corrected chi connectivity index (χ0v) is 11.5. The minimum absolute atomic E-state index is 0.0100. The molecule has 0 saturated carbocycles. The van der Waals surface area contributed by atoms with Crippen molar-refractivity contribution in [2.24, 2.45) is 0 Å². The highest BCUT2D eigenvalue weighted by molar-refractivity contribution is 5.26. The standard InChI is InChI=1S/C15H22N2O2/c1-11(2)10-19-9-8-16-13-4-3-5-14-12(13)6-7-15(18)17-14/h6-7,13,16H,1,3-5,8-10H2,2H3,(H,17,18). The molecule has 1 aliphatic carbocycles. The number of aryl methyl sites for hydroxylation is 1. The summed E-state index contributed by atoms with van der Waals surface area (Å²) in [5, 5.41) is 3.49. The molecule has 0 bridgehead atoms. The van der Waals surface area contributed by atoms with Crippen LogP contribution in [-0.4, -0.2) is 24.7 Å². The minimum Gasteiger partial charge on any atom is -0.376 e. The van der Waals surface area contributed by atoms with Gasteiger partial charge in [-0.05, 0) is 31.7 Å². The lowest BCUT2D eigenvalue weighted by molar-refractivity contribution is 0.154. The van der Waals surface area contributed by atoms with Gasteiger partial charge in [0.15, 0.2) is 0 Å². The van der Waals surface area contributed by atoms with E-state index in [0.717, 1.165) is 37.1 Å². The summed E-state index contributed by atoms with van der Waals surface area (Å²) in [7, 11) is 0. The molecule has 0 aromatic carbocycles. The first-order valence-corrected chi connectivity index (χ1v) is 6.84. The highest BCUT2D eigenvalue weighted by Crippen LogP contribution is 2.27. The topological polar surface area (TPSA) is 54.1 Å². The van der Waals surface area contributed by atoms with Gasteiger partial charge in [0, 0.05) is 24.3 Å². The van der Waals surface area contributed by atoms with E-state index in [-0.39, 0.29) is 5.56 Å². The second kappa shape index (κ2) is 6.68. The summed E-state index contributed by atoms with van der Waals surface area (Å²) < 4.78 is 5.47. The van der Waals surface area contributed by atoms with Crippen LogP contribution >= 0.6 is 0 Å². The monoisotopic (exact) mass is 262 g/mol. The number of hydrogen-bond donors (Lipinski definition) is 2. The normalized spacial score (nSPS) is 18.1. The van der Waals surface area contributed by atoms with Gasteiger partial charge in [-0.25, -0.2) is 0 Å². The Kier molecular flexibility index (Phi) is 4.93. The van der Waals surface area contributed by atoms with E-state index in [4.69, 9.17) is 4.74 Å². The van der Waals surface area contributed by atoms with Crippen LogP contribution in [0.15, 0.2) is 29.1 Å². The van der Waals surface area contributed by atoms with Gasteiger partial charge in [-0.15, -0.1) is 0 Å². The molecule has 2 N–H and O–H groups in total. The molecule has 2 rings (SSSR count). The Balaban J connectivity index is 1.86. The molecule has 0 spiro atoms. The zero-order chi connectivity index (χ0) is 13.7. The average molecular weight is 262 g/mol. The number of H-pyrrole nitrogens is 1. The van der Waals surface area contributed by atoms with Crippen molar-refractivity contribution in [3.8, 4) is 0 Å². The molecule has 0 amide bonds. The summed E-state index contributed by atoms with van der Waals surface area (Å²) >= 11 is 0. The highest BCUT2D eigenvalue weighted by Gasteiger charge is 2.19. The molecule has 4 heteroatoms. The number of fused-ring (bicyclic) bond motifs is 1. The average Bonchev–Trinajstić information content (AvgIpc) is 2.37. The first-order chi connectivity index (χ1) is 9.16. The SMILES string of the molecule is C=C(C)COCCNC1CCCc2[nH]c(=O)ccc21. The van der Waals surface area contributed by atoms with Crippen molar-refractivity contribution in [1.82, 2.24) is 10.3 Å². The van der Waals surface area contributed by atoms with Gasteiger partial charge in [-0.2, -0.15) is 0 Å². The molecule has 104 valence electrons. The molecule has 1 atom stereocenters. The van der Waals surface area contributed by atoms with E-state index in [1.165, 1.54) is 5.56 Å². The molecule has 0 saturated heterocycles. The summed E-state index contributed by atoms with van der Waals surface area (Å²) in [6, 6.07) is 3.88. The molecule has 0 aliphatic heterocycles. The third-order valence-corrected chi connectivity index (χ3v) is 3.32. The van der Waals surface area contributed by atoms with E-state index in [1.54, 1.807) is 6.07 Å². The van der Waals surface area contributed by atoms with Crippen molar-refractivity contribution in [1.29, 1.82) is 0 Å². The van der Waals surface area contributed by atoms with Crippen LogP contribution in [0, 0.1) is 0 Å². The Labute approximate surface area is 113 Å². The van der Waals surface area contributed by atoms with Crippen molar-refractivity contribution >= 4 is 0 Å². The van der Waals surface area contributed by atoms with Crippen LogP contribution in [-0.2, 0) is 11.2 Å². The van der Waals surface area contributed by atoms with Crippen molar-refractivity contribution < 1.29 is 4.74 Å². The van der Waals surface area contributed by atoms with Crippen LogP contribution in [0.5, 0.6) is 0 Å². The molecular weight excluding hydrogens is 240 g/mol. The number of pyridine rings is 1. The smallest absolute Gasteiger partial charge is 0.248 e. The van der Waals surface area contributed by atoms with Crippen molar-refractivity contribution in [2.75, 3.05) is 19.8 Å². The van der Waals surface area contributed by atoms with Gasteiger partial charge >= 0.3 is 0 Å². The fraction of sp³-hybridized carbons (Fsp3) is 0.533. The number of nitrogens with one attached hydrogen (secondary N) is 2. The Morgan fingerprint density at radius 1 is 1.58 bits per heavy atom. The van der Waals surface area contributed by atoms with Crippen molar-refractivity contribution in [3.63, 3.8) is 0 Å². The van der Waals surface area contributed by atoms with E-state index in [0.29, 0.717) is 19.3 Å². The molecule has 1 heterocycles. The summed E-state index contributed by atoms with van der Waals surface area (Å²) in [5.74, 6) is 0. The lowest BCUT2D eigenvalue weighted by Gasteiger charge is -2.26. The van der Waals surface area contributed by atoms with Gasteiger partial charge in [-0.1, -0.05) is 18.2 Å². The Morgan fingerprint density at radius 3 is 3.21 bits per heavy atom. The van der Waals surface area contributed by atoms with Crippen LogP contribution < -0.4 is 10.9 Å². The number of ether oxygens (including phenoxy) is 1. The second-order valence-corrected chi connectivity index (χ2v) is 5.17. The molecule has 0 fully saturated rings. The van der Waals surface area contributed by atoms with Gasteiger partial charge < -0.3 is 15.0 Å². The highest BCUT2D eigenvalue weighted by atomic mass is 16.5. The number of hydrogen-bond acceptors (Lipinski definition) is 3. The zero-order valence-electron chi connectivity index (χ0n) is 11.5. The molecule has 19 heavy (non-hydrogen) atoms. The van der Waals surface area contributed by atoms with E-state index in [2.05, 4.69) is 16.9 Å². The van der Waals surface area contributed by atoms with Gasteiger partial charge in [-0.3, -0.25) is 4.79 Å². The molecule has 1 aromatic rings. The lowest BCUT2D eigenvalue weighted by atomic mass is 9.91. The lowest BCUT2D eigenvalue weighted by Crippen LogP contribution is -2.29. The molecule has 1 aromatic heterocycles. The van der Waals surface area contributed by atoms with Crippen LogP contribution in [0.4, 0.5) is 0 Å². The first-order valence-electron chi connectivity index (χ1n) is 6.84. The predicted molar refractivity (Wildman–Crippen MR) is 76.4 cm³/mol. The number of aromatic amines is 1. The maximum atomic E-state index is 11.3. The third kappa shape index (κ3) is 4.04. The fourth-order valence-electron chi connectivity index (χ4n) is 2.46. The first kappa shape index (κ1) is 14.0. The Hall–Kier alpha value is -1.39. The van der Waals surface area contributed by atoms with E-state index >= 15 is 0 Å². The predicted octanol–water partition coefficient (Wildman–Crippen LogP) is 1.93. The van der Waals surface area contributed by atoms with Crippen molar-refractivity contribution in [2.45, 2.75) is 32.2 Å². The third-order valence-electron chi connectivity index (χ3n) is 3.32. The van der Waals surface area contributed by atoms with Gasteiger partial charge in [0.25, 0.3) is 0 Å². The summed E-state index contributed by atoms with van der Waals surface area (Å²) in [6.45, 7) is 7.88. The Bertz CT molecular complexity index is 493. The maximum absolute atomic E-state index is 11.3. The minimum atomic E-state index is -0.0100. The van der Waals surface area contributed by atoms with Crippen LogP contribution in [0.1, 0.15) is 37.1 Å². The molecule has 4 nitrogen and oxygen atoms in total. The van der Waals surface area contributed by atoms with Crippen molar-refractivity contribution in [3.05, 3.63) is 45.9 Å². The van der Waals surface area contributed by atoms with E-state index < -0.39 is 0 Å². The molecule has 1 aliphatic rings. The summed E-state index contributed by atoms with van der Waals surface area (Å²) in [5.41, 5.74) is 3.34. The quantitative estimate of drug-likeness (QED) is 0.608. The maximum Gasteiger partial charge on any atom is 0.248 e. The van der Waals surface area contributed by atoms with Crippen LogP contribution in [0.25, 0.3) is 0 Å². The van der Waals surface area contributed by atoms with Crippen LogP contribution in [0.3, 0.4) is 0 Å². The molecular formula is C15H22N2O2. The van der Waals surface area contributed by atoms with Gasteiger partial charge in [0.2, 0.25) is 5.56 Å². The van der Waals surface area contributed by atoms with E-state index in [9.17, 15) is 4.79 Å². The van der Waals surface area contributed by atoms with Crippen LogP contribution in [0.2, 0.25) is 0 Å². The fourth-order valence-corrected chi connectivity index (χ4v) is 2.46. The summed E-state index contributed by atoms with van der Waals surface area (Å²) in [6.07, 6.45) is 3.19. The van der Waals surface area contributed by atoms with E-state index in [1.807, 2.05) is 13.0 Å². The van der Waals surface area contributed by atoms with Gasteiger partial charge in [0.05, 0.1) is 13.2 Å². The largest absolute Gasteiger partial charge is 0.376 e. The van der Waals surface area contributed by atoms with Gasteiger partial charge in [0.1, 0.15) is 0 Å². The molecule has 0 radical (unpaired) electrons. The summed E-state index contributed by atoms with van der Waals surface area (Å²) in [4.78, 5) is 14.2. The Morgan fingerprint density at radius 2 is 2.42 bits per heavy atom. The number of aromatic nitrogens is 1. The number of rotatable bonds is 6.